The van der Waals surface area contributed by atoms with E-state index in [2.05, 4.69) is 4.98 Å². The lowest BCUT2D eigenvalue weighted by atomic mass is 10.0. The van der Waals surface area contributed by atoms with Gasteiger partial charge in [0.2, 0.25) is 5.88 Å². The van der Waals surface area contributed by atoms with Crippen LogP contribution >= 0.6 is 0 Å². The van der Waals surface area contributed by atoms with Gasteiger partial charge in [-0.15, -0.1) is 0 Å². The van der Waals surface area contributed by atoms with Crippen molar-refractivity contribution in [1.29, 1.82) is 0 Å². The largest absolute Gasteiger partial charge is 0.477 e. The third kappa shape index (κ3) is 4.81. The first-order chi connectivity index (χ1) is 15.8. The predicted molar refractivity (Wildman–Crippen MR) is 107 cm³/mol. The van der Waals surface area contributed by atoms with Crippen molar-refractivity contribution in [3.8, 4) is 5.75 Å². The summed E-state index contributed by atoms with van der Waals surface area (Å²) < 4.78 is 99.7. The van der Waals surface area contributed by atoms with Gasteiger partial charge in [0.1, 0.15) is 10.7 Å². The molecule has 0 N–H and O–H groups in total. The Labute approximate surface area is 191 Å². The van der Waals surface area contributed by atoms with Gasteiger partial charge in [0.15, 0.2) is 27.5 Å². The standard InChI is InChI=1S/C20H20F5N3O5S/c1-34(30,31)16-9-12(21)15(8-13(16)22)32-14-4-7-28(18(14)29)11-2-5-27(6-3-11)17-10-26-19(33-17)20(23,24)25/h8-11,14H,2-7H2,1H3/t14-/m0/s1. The molecule has 34 heavy (non-hydrogen) atoms. The van der Waals surface area contributed by atoms with Crippen molar-refractivity contribution in [1.82, 2.24) is 9.88 Å². The smallest absolute Gasteiger partial charge is 0.469 e. The molecule has 0 saturated carbocycles. The van der Waals surface area contributed by atoms with Crippen LogP contribution in [0.5, 0.6) is 5.75 Å². The van der Waals surface area contributed by atoms with Crippen molar-refractivity contribution in [3.63, 3.8) is 0 Å². The van der Waals surface area contributed by atoms with E-state index in [0.29, 0.717) is 44.6 Å². The van der Waals surface area contributed by atoms with E-state index in [1.165, 1.54) is 0 Å². The van der Waals surface area contributed by atoms with Crippen molar-refractivity contribution in [2.45, 2.75) is 42.5 Å². The van der Waals surface area contributed by atoms with Crippen LogP contribution in [0.4, 0.5) is 27.8 Å². The van der Waals surface area contributed by atoms with Gasteiger partial charge < -0.3 is 19.0 Å². The molecule has 0 unspecified atom stereocenters. The first kappa shape index (κ1) is 24.2. The number of piperidine rings is 1. The molecule has 0 spiro atoms. The first-order valence-electron chi connectivity index (χ1n) is 10.3. The molecule has 0 bridgehead atoms. The summed E-state index contributed by atoms with van der Waals surface area (Å²) in [5, 5.41) is 0. The first-order valence-corrected chi connectivity index (χ1v) is 12.2. The average molecular weight is 509 g/mol. The number of amides is 1. The molecule has 1 aromatic heterocycles. The van der Waals surface area contributed by atoms with Crippen LogP contribution in [0.25, 0.3) is 0 Å². The number of hydrogen-bond donors (Lipinski definition) is 0. The molecule has 2 aliphatic heterocycles. The van der Waals surface area contributed by atoms with Crippen LogP contribution in [-0.2, 0) is 20.8 Å². The van der Waals surface area contributed by atoms with Gasteiger partial charge in [0, 0.05) is 44.4 Å². The maximum absolute atomic E-state index is 14.3. The second kappa shape index (κ2) is 8.71. The Morgan fingerprint density at radius 2 is 1.76 bits per heavy atom. The highest BCUT2D eigenvalue weighted by Crippen LogP contribution is 2.33. The Hall–Kier alpha value is -2.90. The summed E-state index contributed by atoms with van der Waals surface area (Å²) in [6, 6.07) is 0.907. The molecule has 0 aliphatic carbocycles. The lowest BCUT2D eigenvalue weighted by Gasteiger charge is -2.36. The number of likely N-dealkylation sites (tertiary alicyclic amines) is 1. The van der Waals surface area contributed by atoms with Crippen LogP contribution in [-0.4, -0.2) is 62.2 Å². The van der Waals surface area contributed by atoms with Crippen LogP contribution in [0, 0.1) is 11.6 Å². The number of alkyl halides is 3. The predicted octanol–water partition coefficient (Wildman–Crippen LogP) is 3.02. The Kier molecular flexibility index (Phi) is 6.21. The lowest BCUT2D eigenvalue weighted by molar-refractivity contribution is -0.156. The minimum absolute atomic E-state index is 0.00484. The van der Waals surface area contributed by atoms with Crippen LogP contribution in [0.1, 0.15) is 25.2 Å². The van der Waals surface area contributed by atoms with Gasteiger partial charge in [-0.2, -0.15) is 13.2 Å². The Balaban J connectivity index is 1.37. The molecule has 14 heteroatoms. The number of halogens is 5. The highest BCUT2D eigenvalue weighted by atomic mass is 32.2. The molecule has 0 radical (unpaired) electrons. The molecule has 2 aromatic rings. The number of nitrogens with zero attached hydrogens (tertiary/aromatic N) is 3. The zero-order chi connectivity index (χ0) is 24.8. The maximum Gasteiger partial charge on any atom is 0.469 e. The van der Waals surface area contributed by atoms with Gasteiger partial charge in [-0.25, -0.2) is 22.2 Å². The van der Waals surface area contributed by atoms with Crippen molar-refractivity contribution in [2.75, 3.05) is 30.8 Å². The molecule has 2 fully saturated rings. The molecule has 4 rings (SSSR count). The quantitative estimate of drug-likeness (QED) is 0.572. The highest BCUT2D eigenvalue weighted by Gasteiger charge is 2.40. The van der Waals surface area contributed by atoms with Gasteiger partial charge in [-0.05, 0) is 18.9 Å². The fourth-order valence-electron chi connectivity index (χ4n) is 4.13. The number of rotatable bonds is 5. The number of hydrogen-bond acceptors (Lipinski definition) is 7. The number of aromatic nitrogens is 1. The van der Waals surface area contributed by atoms with E-state index in [1.54, 1.807) is 9.80 Å². The molecule has 2 saturated heterocycles. The number of carbonyl (C=O) groups excluding carboxylic acids is 1. The Morgan fingerprint density at radius 3 is 2.35 bits per heavy atom. The third-order valence-electron chi connectivity index (χ3n) is 5.80. The average Bonchev–Trinajstić information content (AvgIpc) is 3.38. The normalized spacial score (nSPS) is 20.3. The summed E-state index contributed by atoms with van der Waals surface area (Å²) >= 11 is 0. The monoisotopic (exact) mass is 509 g/mol. The maximum atomic E-state index is 14.3. The number of carbonyl (C=O) groups is 1. The van der Waals surface area contributed by atoms with E-state index in [0.717, 1.165) is 12.5 Å². The van der Waals surface area contributed by atoms with Crippen molar-refractivity contribution in [3.05, 3.63) is 35.9 Å². The van der Waals surface area contributed by atoms with Crippen molar-refractivity contribution < 1.29 is 44.3 Å². The molecule has 1 aromatic carbocycles. The van der Waals surface area contributed by atoms with Gasteiger partial charge in [-0.1, -0.05) is 0 Å². The van der Waals surface area contributed by atoms with Crippen LogP contribution < -0.4 is 9.64 Å². The van der Waals surface area contributed by atoms with Crippen LogP contribution in [0.3, 0.4) is 0 Å². The zero-order valence-electron chi connectivity index (χ0n) is 17.8. The SMILES string of the molecule is CS(=O)(=O)c1cc(F)c(O[C@H]2CCN(C3CCN(c4cnc(C(F)(F)F)o4)CC3)C2=O)cc1F. The Bertz CT molecular complexity index is 1190. The molecule has 1 amide bonds. The van der Waals surface area contributed by atoms with Gasteiger partial charge in [-0.3, -0.25) is 4.79 Å². The van der Waals surface area contributed by atoms with Crippen molar-refractivity contribution in [2.24, 2.45) is 0 Å². The molecule has 186 valence electrons. The van der Waals surface area contributed by atoms with E-state index in [4.69, 9.17) is 9.15 Å². The molecule has 8 nitrogen and oxygen atoms in total. The topological polar surface area (TPSA) is 93.0 Å². The summed E-state index contributed by atoms with van der Waals surface area (Å²) in [6.07, 6.45) is -2.88. The van der Waals surface area contributed by atoms with Crippen LogP contribution in [0.2, 0.25) is 0 Å². The zero-order valence-corrected chi connectivity index (χ0v) is 18.6. The van der Waals surface area contributed by atoms with Gasteiger partial charge >= 0.3 is 12.1 Å². The fraction of sp³-hybridized carbons (Fsp3) is 0.500. The minimum atomic E-state index is -4.68. The molecular formula is C20H20F5N3O5S. The second-order valence-corrected chi connectivity index (χ2v) is 10.1. The number of sulfone groups is 1. The number of ether oxygens (including phenoxy) is 1. The summed E-state index contributed by atoms with van der Waals surface area (Å²) in [6.45, 7) is 0.971. The number of oxazole rings is 1. The van der Waals surface area contributed by atoms with E-state index < -0.39 is 56.2 Å². The summed E-state index contributed by atoms with van der Waals surface area (Å²) in [7, 11) is -3.98. The summed E-state index contributed by atoms with van der Waals surface area (Å²) in [5.74, 6) is -4.61. The van der Waals surface area contributed by atoms with Gasteiger partial charge in [0.05, 0.1) is 6.20 Å². The lowest BCUT2D eigenvalue weighted by Crippen LogP contribution is -2.47. The summed E-state index contributed by atoms with van der Waals surface area (Å²) in [5.41, 5.74) is 0. The van der Waals surface area contributed by atoms with E-state index >= 15 is 0 Å². The van der Waals surface area contributed by atoms with Crippen LogP contribution in [0.15, 0.2) is 27.6 Å². The van der Waals surface area contributed by atoms with Crippen molar-refractivity contribution >= 4 is 21.6 Å². The third-order valence-corrected chi connectivity index (χ3v) is 6.91. The minimum Gasteiger partial charge on any atom is -0.477 e. The fourth-order valence-corrected chi connectivity index (χ4v) is 4.86. The number of benzene rings is 1. The molecule has 3 heterocycles. The summed E-state index contributed by atoms with van der Waals surface area (Å²) in [4.78, 5) is 18.4. The molecule has 2 aliphatic rings. The van der Waals surface area contributed by atoms with E-state index in [-0.39, 0.29) is 18.3 Å². The number of anilines is 1. The van der Waals surface area contributed by atoms with Gasteiger partial charge in [0.25, 0.3) is 5.91 Å². The second-order valence-electron chi connectivity index (χ2n) is 8.13. The highest BCUT2D eigenvalue weighted by molar-refractivity contribution is 7.90. The molecular weight excluding hydrogens is 489 g/mol. The molecule has 1 atom stereocenters. The van der Waals surface area contributed by atoms with E-state index in [1.807, 2.05) is 0 Å². The Morgan fingerprint density at radius 1 is 1.09 bits per heavy atom. The van der Waals surface area contributed by atoms with E-state index in [9.17, 15) is 35.2 Å².